The van der Waals surface area contributed by atoms with Gasteiger partial charge in [0, 0.05) is 17.2 Å². The molecule has 0 atom stereocenters. The second-order valence-electron chi connectivity index (χ2n) is 6.89. The second kappa shape index (κ2) is 8.77. The van der Waals surface area contributed by atoms with Crippen molar-refractivity contribution in [3.63, 3.8) is 0 Å². The van der Waals surface area contributed by atoms with Gasteiger partial charge in [-0.05, 0) is 54.1 Å². The van der Waals surface area contributed by atoms with Crippen molar-refractivity contribution in [2.45, 2.75) is 4.90 Å². The molecule has 0 saturated carbocycles. The molecule has 168 valence electrons. The number of nitrogens with two attached hydrogens (primary N) is 1. The van der Waals surface area contributed by atoms with Crippen molar-refractivity contribution < 1.29 is 26.4 Å². The summed E-state index contributed by atoms with van der Waals surface area (Å²) >= 11 is 1.05. The van der Waals surface area contributed by atoms with E-state index in [1.165, 1.54) is 48.5 Å². The molecule has 0 aliphatic carbocycles. The molecule has 0 fully saturated rings. The zero-order valence-corrected chi connectivity index (χ0v) is 18.2. The van der Waals surface area contributed by atoms with Gasteiger partial charge in [0.2, 0.25) is 10.0 Å². The number of carbonyl (C=O) groups excluding carboxylic acids is 1. The van der Waals surface area contributed by atoms with E-state index in [0.717, 1.165) is 23.5 Å². The number of carbonyl (C=O) groups is 1. The normalized spacial score (nSPS) is 11.4. The van der Waals surface area contributed by atoms with Gasteiger partial charge in [-0.15, -0.1) is 0 Å². The van der Waals surface area contributed by atoms with Crippen LogP contribution in [0.4, 0.5) is 18.3 Å². The van der Waals surface area contributed by atoms with Crippen LogP contribution in [0.2, 0.25) is 0 Å². The van der Waals surface area contributed by atoms with Crippen molar-refractivity contribution in [1.29, 1.82) is 0 Å². The Morgan fingerprint density at radius 1 is 0.848 bits per heavy atom. The Morgan fingerprint density at radius 2 is 1.42 bits per heavy atom. The van der Waals surface area contributed by atoms with Crippen molar-refractivity contribution >= 4 is 32.4 Å². The predicted octanol–water partition coefficient (Wildman–Crippen LogP) is 4.79. The standard InChI is InChI=1S/C22H14F3N3O3S2/c23-15-5-1-12(2-6-15)19-20(13-3-7-18(8-4-13)33(26,30)31)32-22(27-19)28-21(29)14-9-16(24)11-17(25)10-14/h1-11H,(H2,26,30,31)(H,27,28,29). The topological polar surface area (TPSA) is 102 Å². The van der Waals surface area contributed by atoms with E-state index in [2.05, 4.69) is 10.3 Å². The molecular formula is C22H14F3N3O3S2. The molecule has 1 amide bonds. The van der Waals surface area contributed by atoms with Crippen molar-refractivity contribution in [3.05, 3.63) is 89.7 Å². The molecule has 1 aromatic heterocycles. The van der Waals surface area contributed by atoms with E-state index >= 15 is 0 Å². The Morgan fingerprint density at radius 3 is 2.00 bits per heavy atom. The SMILES string of the molecule is NS(=O)(=O)c1ccc(-c2sc(NC(=O)c3cc(F)cc(F)c3)nc2-c2ccc(F)cc2)cc1. The number of sulfonamides is 1. The van der Waals surface area contributed by atoms with Gasteiger partial charge in [0.15, 0.2) is 5.13 Å². The summed E-state index contributed by atoms with van der Waals surface area (Å²) in [7, 11) is -3.89. The highest BCUT2D eigenvalue weighted by Gasteiger charge is 2.19. The smallest absolute Gasteiger partial charge is 0.257 e. The summed E-state index contributed by atoms with van der Waals surface area (Å²) in [5.41, 5.74) is 1.26. The lowest BCUT2D eigenvalue weighted by molar-refractivity contribution is 0.102. The third kappa shape index (κ3) is 5.11. The van der Waals surface area contributed by atoms with Crippen LogP contribution in [-0.4, -0.2) is 19.3 Å². The molecule has 3 aromatic carbocycles. The maximum Gasteiger partial charge on any atom is 0.257 e. The molecule has 0 aliphatic heterocycles. The molecule has 11 heteroatoms. The maximum atomic E-state index is 13.5. The highest BCUT2D eigenvalue weighted by Crippen LogP contribution is 2.39. The lowest BCUT2D eigenvalue weighted by Gasteiger charge is -2.04. The zero-order chi connectivity index (χ0) is 23.8. The number of thiazole rings is 1. The summed E-state index contributed by atoms with van der Waals surface area (Å²) in [6, 6.07) is 13.6. The molecule has 4 rings (SSSR count). The lowest BCUT2D eigenvalue weighted by atomic mass is 10.1. The number of amides is 1. The van der Waals surface area contributed by atoms with Crippen LogP contribution in [0, 0.1) is 17.5 Å². The number of aromatic nitrogens is 1. The third-order valence-electron chi connectivity index (χ3n) is 4.54. The first-order valence-electron chi connectivity index (χ1n) is 9.27. The molecule has 0 spiro atoms. The number of hydrogen-bond acceptors (Lipinski definition) is 5. The molecule has 0 saturated heterocycles. The average molecular weight is 490 g/mol. The third-order valence-corrected chi connectivity index (χ3v) is 6.48. The number of rotatable bonds is 5. The highest BCUT2D eigenvalue weighted by molar-refractivity contribution is 7.89. The van der Waals surface area contributed by atoms with Gasteiger partial charge in [-0.1, -0.05) is 23.5 Å². The van der Waals surface area contributed by atoms with Gasteiger partial charge in [-0.25, -0.2) is 31.7 Å². The van der Waals surface area contributed by atoms with Crippen molar-refractivity contribution in [3.8, 4) is 21.7 Å². The van der Waals surface area contributed by atoms with E-state index in [-0.39, 0.29) is 15.6 Å². The van der Waals surface area contributed by atoms with Crippen LogP contribution in [0.15, 0.2) is 71.6 Å². The Hall–Kier alpha value is -3.54. The Kier molecular flexibility index (Phi) is 6.02. The van der Waals surface area contributed by atoms with E-state index in [9.17, 15) is 26.4 Å². The van der Waals surface area contributed by atoms with Crippen LogP contribution in [0.1, 0.15) is 10.4 Å². The molecule has 3 N–H and O–H groups in total. The van der Waals surface area contributed by atoms with Gasteiger partial charge in [0.1, 0.15) is 17.5 Å². The summed E-state index contributed by atoms with van der Waals surface area (Å²) in [5, 5.41) is 7.77. The minimum atomic E-state index is -3.89. The number of nitrogens with zero attached hydrogens (tertiary/aromatic N) is 1. The minimum absolute atomic E-state index is 0.0826. The second-order valence-corrected chi connectivity index (χ2v) is 9.45. The highest BCUT2D eigenvalue weighted by atomic mass is 32.2. The molecule has 0 aliphatic rings. The first-order chi connectivity index (χ1) is 15.6. The fourth-order valence-corrected chi connectivity index (χ4v) is 4.53. The Bertz CT molecular complexity index is 1430. The summed E-state index contributed by atoms with van der Waals surface area (Å²) in [6.07, 6.45) is 0. The van der Waals surface area contributed by atoms with Crippen LogP contribution in [0.5, 0.6) is 0 Å². The maximum absolute atomic E-state index is 13.5. The molecule has 4 aromatic rings. The Labute approximate surface area is 190 Å². The van der Waals surface area contributed by atoms with E-state index in [1.807, 2.05) is 0 Å². The van der Waals surface area contributed by atoms with Crippen LogP contribution in [-0.2, 0) is 10.0 Å². The van der Waals surface area contributed by atoms with E-state index in [0.29, 0.717) is 27.8 Å². The number of anilines is 1. The largest absolute Gasteiger partial charge is 0.298 e. The van der Waals surface area contributed by atoms with Crippen LogP contribution < -0.4 is 10.5 Å². The predicted molar refractivity (Wildman–Crippen MR) is 119 cm³/mol. The van der Waals surface area contributed by atoms with Crippen molar-refractivity contribution in [2.24, 2.45) is 5.14 Å². The molecule has 0 radical (unpaired) electrons. The summed E-state index contributed by atoms with van der Waals surface area (Å²) in [4.78, 5) is 17.4. The number of benzene rings is 3. The summed E-state index contributed by atoms with van der Waals surface area (Å²) < 4.78 is 63.4. The molecule has 6 nitrogen and oxygen atoms in total. The molecule has 1 heterocycles. The van der Waals surface area contributed by atoms with Crippen molar-refractivity contribution in [1.82, 2.24) is 4.98 Å². The van der Waals surface area contributed by atoms with E-state index in [1.54, 1.807) is 0 Å². The van der Waals surface area contributed by atoms with E-state index in [4.69, 9.17) is 5.14 Å². The first kappa shape index (κ1) is 22.6. The zero-order valence-electron chi connectivity index (χ0n) is 16.6. The van der Waals surface area contributed by atoms with Gasteiger partial charge < -0.3 is 0 Å². The van der Waals surface area contributed by atoms with Gasteiger partial charge in [0.25, 0.3) is 5.91 Å². The van der Waals surface area contributed by atoms with Gasteiger partial charge in [0.05, 0.1) is 15.5 Å². The van der Waals surface area contributed by atoms with E-state index < -0.39 is 33.4 Å². The average Bonchev–Trinajstić information content (AvgIpc) is 3.16. The van der Waals surface area contributed by atoms with Crippen LogP contribution in [0.25, 0.3) is 21.7 Å². The lowest BCUT2D eigenvalue weighted by Crippen LogP contribution is -2.12. The fraction of sp³-hybridized carbons (Fsp3) is 0. The van der Waals surface area contributed by atoms with Crippen LogP contribution in [0.3, 0.4) is 0 Å². The summed E-state index contributed by atoms with van der Waals surface area (Å²) in [6.45, 7) is 0. The molecule has 33 heavy (non-hydrogen) atoms. The number of hydrogen-bond donors (Lipinski definition) is 2. The Balaban J connectivity index is 1.75. The van der Waals surface area contributed by atoms with Gasteiger partial charge >= 0.3 is 0 Å². The van der Waals surface area contributed by atoms with Gasteiger partial charge in [-0.3, -0.25) is 10.1 Å². The number of primary sulfonamides is 1. The number of nitrogens with one attached hydrogen (secondary N) is 1. The molecule has 0 bridgehead atoms. The van der Waals surface area contributed by atoms with Crippen LogP contribution >= 0.6 is 11.3 Å². The minimum Gasteiger partial charge on any atom is -0.298 e. The fourth-order valence-electron chi connectivity index (χ4n) is 3.02. The monoisotopic (exact) mass is 489 g/mol. The first-order valence-corrected chi connectivity index (χ1v) is 11.6. The molecular weight excluding hydrogens is 475 g/mol. The number of halogens is 3. The van der Waals surface area contributed by atoms with Gasteiger partial charge in [-0.2, -0.15) is 0 Å². The molecule has 0 unspecified atom stereocenters. The van der Waals surface area contributed by atoms with Crippen molar-refractivity contribution in [2.75, 3.05) is 5.32 Å². The quantitative estimate of drug-likeness (QED) is 0.421. The summed E-state index contributed by atoms with van der Waals surface area (Å²) in [5.74, 6) is -3.03.